The quantitative estimate of drug-likeness (QED) is 0.892. The van der Waals surface area contributed by atoms with E-state index in [1.807, 2.05) is 23.1 Å². The van der Waals surface area contributed by atoms with Gasteiger partial charge in [0.05, 0.1) is 13.2 Å². The van der Waals surface area contributed by atoms with Gasteiger partial charge in [-0.05, 0) is 43.9 Å². The van der Waals surface area contributed by atoms with Gasteiger partial charge in [-0.25, -0.2) is 4.79 Å². The van der Waals surface area contributed by atoms with Gasteiger partial charge in [-0.3, -0.25) is 4.90 Å². The smallest absolute Gasteiger partial charge is 0.321 e. The number of amides is 2. The van der Waals surface area contributed by atoms with Gasteiger partial charge in [0.15, 0.2) is 11.5 Å². The van der Waals surface area contributed by atoms with Crippen LogP contribution in [0, 0.1) is 5.92 Å². The fourth-order valence-corrected chi connectivity index (χ4v) is 3.79. The number of benzene rings is 1. The summed E-state index contributed by atoms with van der Waals surface area (Å²) in [5, 5.41) is 2.97. The molecule has 7 heteroatoms. The van der Waals surface area contributed by atoms with Gasteiger partial charge in [-0.15, -0.1) is 0 Å². The van der Waals surface area contributed by atoms with E-state index in [1.54, 1.807) is 0 Å². The molecule has 142 valence electrons. The highest BCUT2D eigenvalue weighted by Gasteiger charge is 2.24. The van der Waals surface area contributed by atoms with Crippen LogP contribution in [0.1, 0.15) is 19.3 Å². The first-order valence-electron chi connectivity index (χ1n) is 9.53. The molecular weight excluding hydrogens is 334 g/mol. The normalized spacial score (nSPS) is 21.0. The summed E-state index contributed by atoms with van der Waals surface area (Å²) < 4.78 is 16.1. The molecule has 7 nitrogen and oxygen atoms in total. The molecule has 26 heavy (non-hydrogen) atoms. The monoisotopic (exact) mass is 361 g/mol. The topological polar surface area (TPSA) is 63.3 Å². The average Bonchev–Trinajstić information content (AvgIpc) is 3.15. The number of rotatable bonds is 4. The van der Waals surface area contributed by atoms with Gasteiger partial charge >= 0.3 is 6.03 Å². The van der Waals surface area contributed by atoms with Crippen molar-refractivity contribution in [3.8, 4) is 11.5 Å². The minimum absolute atomic E-state index is 0.0319. The Morgan fingerprint density at radius 1 is 1.08 bits per heavy atom. The summed E-state index contributed by atoms with van der Waals surface area (Å²) in [4.78, 5) is 16.9. The van der Waals surface area contributed by atoms with Crippen molar-refractivity contribution in [3.63, 3.8) is 0 Å². The molecule has 2 fully saturated rings. The summed E-state index contributed by atoms with van der Waals surface area (Å²) in [7, 11) is 0. The second kappa shape index (κ2) is 8.14. The predicted molar refractivity (Wildman–Crippen MR) is 97.8 cm³/mol. The molecule has 0 aromatic heterocycles. The van der Waals surface area contributed by atoms with E-state index >= 15 is 0 Å². The minimum Gasteiger partial charge on any atom is -0.454 e. The lowest BCUT2D eigenvalue weighted by Crippen LogP contribution is -2.42. The zero-order valence-electron chi connectivity index (χ0n) is 15.1. The van der Waals surface area contributed by atoms with Gasteiger partial charge < -0.3 is 24.4 Å². The molecule has 0 bridgehead atoms. The number of piperidine rings is 1. The first-order valence-corrected chi connectivity index (χ1v) is 9.53. The largest absolute Gasteiger partial charge is 0.454 e. The highest BCUT2D eigenvalue weighted by atomic mass is 16.7. The third kappa shape index (κ3) is 4.22. The van der Waals surface area contributed by atoms with E-state index in [-0.39, 0.29) is 12.8 Å². The molecule has 0 radical (unpaired) electrons. The number of carbonyl (C=O) groups is 1. The maximum absolute atomic E-state index is 12.5. The molecule has 2 saturated heterocycles. The molecule has 0 atom stereocenters. The van der Waals surface area contributed by atoms with E-state index in [0.29, 0.717) is 11.7 Å². The number of anilines is 1. The summed E-state index contributed by atoms with van der Waals surface area (Å²) in [5.41, 5.74) is 0.744. The summed E-state index contributed by atoms with van der Waals surface area (Å²) >= 11 is 0. The Kier molecular flexibility index (Phi) is 5.45. The van der Waals surface area contributed by atoms with Crippen molar-refractivity contribution in [2.75, 3.05) is 58.0 Å². The molecule has 0 saturated carbocycles. The number of morpholine rings is 1. The summed E-state index contributed by atoms with van der Waals surface area (Å²) in [6, 6.07) is 5.46. The van der Waals surface area contributed by atoms with Crippen LogP contribution >= 0.6 is 0 Å². The van der Waals surface area contributed by atoms with E-state index in [0.717, 1.165) is 70.2 Å². The number of nitrogens with zero attached hydrogens (tertiary/aromatic N) is 2. The summed E-state index contributed by atoms with van der Waals surface area (Å²) in [6.45, 7) is 6.86. The molecule has 0 unspecified atom stereocenters. The number of nitrogens with one attached hydrogen (secondary N) is 1. The highest BCUT2D eigenvalue weighted by Crippen LogP contribution is 2.34. The van der Waals surface area contributed by atoms with E-state index < -0.39 is 0 Å². The van der Waals surface area contributed by atoms with Gasteiger partial charge in [-0.1, -0.05) is 0 Å². The first-order chi connectivity index (χ1) is 12.8. The van der Waals surface area contributed by atoms with Gasteiger partial charge in [-0.2, -0.15) is 0 Å². The molecule has 3 aliphatic rings. The number of likely N-dealkylation sites (tertiary alicyclic amines) is 1. The SMILES string of the molecule is O=C(Nc1ccc2c(c1)OCO2)N1CCC(CCN2CCOCC2)CC1. The number of ether oxygens (including phenoxy) is 3. The summed E-state index contributed by atoms with van der Waals surface area (Å²) in [6.07, 6.45) is 3.38. The zero-order chi connectivity index (χ0) is 17.8. The van der Waals surface area contributed by atoms with Gasteiger partial charge in [0, 0.05) is 37.9 Å². The minimum atomic E-state index is -0.0319. The number of fused-ring (bicyclic) bond motifs is 1. The van der Waals surface area contributed by atoms with Gasteiger partial charge in [0.2, 0.25) is 6.79 Å². The molecule has 3 aliphatic heterocycles. The highest BCUT2D eigenvalue weighted by molar-refractivity contribution is 5.89. The molecule has 1 aromatic rings. The second-order valence-electron chi connectivity index (χ2n) is 7.17. The van der Waals surface area contributed by atoms with Crippen molar-refractivity contribution in [1.82, 2.24) is 9.80 Å². The van der Waals surface area contributed by atoms with E-state index in [4.69, 9.17) is 14.2 Å². The number of carbonyl (C=O) groups excluding carboxylic acids is 1. The van der Waals surface area contributed by atoms with Crippen molar-refractivity contribution < 1.29 is 19.0 Å². The van der Waals surface area contributed by atoms with Crippen LogP contribution in [0.3, 0.4) is 0 Å². The van der Waals surface area contributed by atoms with Crippen molar-refractivity contribution in [3.05, 3.63) is 18.2 Å². The Morgan fingerprint density at radius 2 is 1.85 bits per heavy atom. The lowest BCUT2D eigenvalue weighted by Gasteiger charge is -2.34. The molecular formula is C19H27N3O4. The molecule has 2 amide bonds. The van der Waals surface area contributed by atoms with Crippen LogP contribution in [-0.4, -0.2) is 68.6 Å². The van der Waals surface area contributed by atoms with Crippen molar-refractivity contribution in [2.45, 2.75) is 19.3 Å². The summed E-state index contributed by atoms with van der Waals surface area (Å²) in [5.74, 6) is 2.13. The lowest BCUT2D eigenvalue weighted by atomic mass is 9.93. The third-order valence-corrected chi connectivity index (χ3v) is 5.48. The Balaban J connectivity index is 1.21. The maximum Gasteiger partial charge on any atom is 0.321 e. The molecule has 0 aliphatic carbocycles. The van der Waals surface area contributed by atoms with Crippen LogP contribution in [-0.2, 0) is 4.74 Å². The van der Waals surface area contributed by atoms with Crippen LogP contribution in [0.2, 0.25) is 0 Å². The zero-order valence-corrected chi connectivity index (χ0v) is 15.1. The second-order valence-corrected chi connectivity index (χ2v) is 7.17. The van der Waals surface area contributed by atoms with Gasteiger partial charge in [0.1, 0.15) is 0 Å². The van der Waals surface area contributed by atoms with Gasteiger partial charge in [0.25, 0.3) is 0 Å². The Bertz CT molecular complexity index is 625. The van der Waals surface area contributed by atoms with E-state index in [9.17, 15) is 4.79 Å². The Morgan fingerprint density at radius 3 is 2.65 bits per heavy atom. The van der Waals surface area contributed by atoms with Crippen molar-refractivity contribution >= 4 is 11.7 Å². The van der Waals surface area contributed by atoms with Crippen LogP contribution in [0.25, 0.3) is 0 Å². The van der Waals surface area contributed by atoms with Crippen LogP contribution in [0.4, 0.5) is 10.5 Å². The van der Waals surface area contributed by atoms with Crippen molar-refractivity contribution in [2.24, 2.45) is 5.92 Å². The Labute approximate surface area is 154 Å². The fourth-order valence-electron chi connectivity index (χ4n) is 3.79. The van der Waals surface area contributed by atoms with Crippen LogP contribution in [0.15, 0.2) is 18.2 Å². The molecule has 0 spiro atoms. The van der Waals surface area contributed by atoms with E-state index in [2.05, 4.69) is 10.2 Å². The molecule has 1 N–H and O–H groups in total. The lowest BCUT2D eigenvalue weighted by molar-refractivity contribution is 0.0340. The number of urea groups is 1. The standard InChI is InChI=1S/C19H27N3O4/c23-19(20-16-1-2-17-18(13-16)26-14-25-17)22-7-4-15(5-8-22)3-6-21-9-11-24-12-10-21/h1-2,13,15H,3-12,14H2,(H,20,23). The number of hydrogen-bond acceptors (Lipinski definition) is 5. The average molecular weight is 361 g/mol. The van der Waals surface area contributed by atoms with Crippen molar-refractivity contribution in [1.29, 1.82) is 0 Å². The third-order valence-electron chi connectivity index (χ3n) is 5.48. The van der Waals surface area contributed by atoms with E-state index in [1.165, 1.54) is 6.42 Å². The first kappa shape index (κ1) is 17.4. The van der Waals surface area contributed by atoms with Crippen LogP contribution < -0.4 is 14.8 Å². The fraction of sp³-hybridized carbons (Fsp3) is 0.632. The molecule has 3 heterocycles. The molecule has 1 aromatic carbocycles. The predicted octanol–water partition coefficient (Wildman–Crippen LogP) is 2.38. The maximum atomic E-state index is 12.5. The number of hydrogen-bond donors (Lipinski definition) is 1. The Hall–Kier alpha value is -1.99. The van der Waals surface area contributed by atoms with Crippen LogP contribution in [0.5, 0.6) is 11.5 Å². The molecule has 4 rings (SSSR count).